The number of nitrogen functional groups attached to an aromatic ring is 1. The minimum Gasteiger partial charge on any atom is -0.465 e. The maximum Gasteiger partial charge on any atom is 0.340 e. The molecule has 90 valence electrons. The van der Waals surface area contributed by atoms with E-state index in [1.807, 2.05) is 24.3 Å². The number of nitrogens with two attached hydrogens (primary N) is 1. The molecule has 0 atom stereocenters. The van der Waals surface area contributed by atoms with E-state index in [-0.39, 0.29) is 0 Å². The van der Waals surface area contributed by atoms with Crippen LogP contribution < -0.4 is 5.73 Å². The number of fused-ring (bicyclic) bond motifs is 3. The maximum atomic E-state index is 11.8. The van der Waals surface area contributed by atoms with E-state index in [0.29, 0.717) is 22.2 Å². The fourth-order valence-corrected chi connectivity index (χ4v) is 2.15. The van der Waals surface area contributed by atoms with Crippen LogP contribution >= 0.6 is 0 Å². The van der Waals surface area contributed by atoms with Gasteiger partial charge in [-0.25, -0.2) is 4.79 Å². The highest BCUT2D eigenvalue weighted by Crippen LogP contribution is 2.34. The van der Waals surface area contributed by atoms with Gasteiger partial charge in [-0.05, 0) is 18.2 Å². The zero-order valence-electron chi connectivity index (χ0n) is 9.77. The van der Waals surface area contributed by atoms with E-state index in [1.54, 1.807) is 12.1 Å². The standard InChI is InChI=1S/C14H11NO3/c1-17-14(16)13-9(15)6-7-11-12(13)8-4-2-3-5-10(8)18-11/h2-7H,15H2,1H3. The van der Waals surface area contributed by atoms with Gasteiger partial charge in [-0.1, -0.05) is 18.2 Å². The van der Waals surface area contributed by atoms with Crippen LogP contribution in [0, 0.1) is 0 Å². The van der Waals surface area contributed by atoms with Gasteiger partial charge in [0.2, 0.25) is 0 Å². The second kappa shape index (κ2) is 3.77. The monoisotopic (exact) mass is 241 g/mol. The molecule has 3 aromatic rings. The van der Waals surface area contributed by atoms with Crippen LogP contribution in [0.4, 0.5) is 5.69 Å². The molecule has 0 bridgehead atoms. The van der Waals surface area contributed by atoms with Gasteiger partial charge in [-0.2, -0.15) is 0 Å². The molecule has 0 radical (unpaired) electrons. The second-order valence-electron chi connectivity index (χ2n) is 3.99. The number of hydrogen-bond donors (Lipinski definition) is 1. The highest BCUT2D eigenvalue weighted by Gasteiger charge is 2.19. The lowest BCUT2D eigenvalue weighted by atomic mass is 10.0. The number of furan rings is 1. The van der Waals surface area contributed by atoms with Gasteiger partial charge in [0.1, 0.15) is 11.2 Å². The molecule has 1 heterocycles. The first kappa shape index (κ1) is 10.7. The van der Waals surface area contributed by atoms with Gasteiger partial charge < -0.3 is 14.9 Å². The Balaban J connectivity index is 2.52. The molecule has 4 nitrogen and oxygen atoms in total. The Morgan fingerprint density at radius 2 is 1.94 bits per heavy atom. The molecule has 0 spiro atoms. The topological polar surface area (TPSA) is 65.5 Å². The van der Waals surface area contributed by atoms with Crippen molar-refractivity contribution in [2.24, 2.45) is 0 Å². The Morgan fingerprint density at radius 1 is 1.17 bits per heavy atom. The Morgan fingerprint density at radius 3 is 2.72 bits per heavy atom. The van der Waals surface area contributed by atoms with Gasteiger partial charge in [0.15, 0.2) is 0 Å². The highest BCUT2D eigenvalue weighted by atomic mass is 16.5. The number of anilines is 1. The molecule has 0 fully saturated rings. The minimum absolute atomic E-state index is 0.361. The number of carbonyl (C=O) groups is 1. The van der Waals surface area contributed by atoms with Gasteiger partial charge in [-0.15, -0.1) is 0 Å². The van der Waals surface area contributed by atoms with Crippen molar-refractivity contribution < 1.29 is 13.9 Å². The number of benzene rings is 2. The van der Waals surface area contributed by atoms with Gasteiger partial charge in [0.25, 0.3) is 0 Å². The molecule has 0 saturated carbocycles. The van der Waals surface area contributed by atoms with Crippen molar-refractivity contribution in [1.29, 1.82) is 0 Å². The molecular weight excluding hydrogens is 230 g/mol. The average molecular weight is 241 g/mol. The van der Waals surface area contributed by atoms with Crippen LogP contribution in [-0.4, -0.2) is 13.1 Å². The number of para-hydroxylation sites is 1. The minimum atomic E-state index is -0.454. The normalized spacial score (nSPS) is 10.9. The first-order valence-electron chi connectivity index (χ1n) is 5.50. The summed E-state index contributed by atoms with van der Waals surface area (Å²) in [5.41, 5.74) is 7.98. The van der Waals surface area contributed by atoms with E-state index < -0.39 is 5.97 Å². The van der Waals surface area contributed by atoms with Crippen LogP contribution in [0.5, 0.6) is 0 Å². The highest BCUT2D eigenvalue weighted by molar-refractivity contribution is 6.17. The molecule has 0 aliphatic heterocycles. The lowest BCUT2D eigenvalue weighted by Crippen LogP contribution is -2.05. The van der Waals surface area contributed by atoms with Crippen molar-refractivity contribution in [3.05, 3.63) is 42.0 Å². The summed E-state index contributed by atoms with van der Waals surface area (Å²) >= 11 is 0. The fraction of sp³-hybridized carbons (Fsp3) is 0.0714. The van der Waals surface area contributed by atoms with Crippen LogP contribution in [0.15, 0.2) is 40.8 Å². The molecule has 2 aromatic carbocycles. The first-order chi connectivity index (χ1) is 8.72. The van der Waals surface area contributed by atoms with Gasteiger partial charge in [0, 0.05) is 16.5 Å². The third kappa shape index (κ3) is 1.35. The summed E-state index contributed by atoms with van der Waals surface area (Å²) < 4.78 is 10.5. The summed E-state index contributed by atoms with van der Waals surface area (Å²) in [6, 6.07) is 10.9. The van der Waals surface area contributed by atoms with Crippen LogP contribution in [0.1, 0.15) is 10.4 Å². The number of ether oxygens (including phenoxy) is 1. The Bertz CT molecular complexity index is 758. The number of esters is 1. The zero-order valence-corrected chi connectivity index (χ0v) is 9.77. The van der Waals surface area contributed by atoms with E-state index in [0.717, 1.165) is 11.0 Å². The predicted molar refractivity (Wildman–Crippen MR) is 69.5 cm³/mol. The lowest BCUT2D eigenvalue weighted by Gasteiger charge is -2.04. The molecule has 0 saturated heterocycles. The fourth-order valence-electron chi connectivity index (χ4n) is 2.15. The van der Waals surface area contributed by atoms with Crippen molar-refractivity contribution in [2.45, 2.75) is 0 Å². The van der Waals surface area contributed by atoms with E-state index >= 15 is 0 Å². The van der Waals surface area contributed by atoms with Crippen molar-refractivity contribution in [2.75, 3.05) is 12.8 Å². The van der Waals surface area contributed by atoms with E-state index in [1.165, 1.54) is 7.11 Å². The van der Waals surface area contributed by atoms with Crippen LogP contribution in [0.25, 0.3) is 21.9 Å². The Hall–Kier alpha value is -2.49. The number of rotatable bonds is 1. The summed E-state index contributed by atoms with van der Waals surface area (Å²) in [5.74, 6) is -0.454. The average Bonchev–Trinajstić information content (AvgIpc) is 2.76. The summed E-state index contributed by atoms with van der Waals surface area (Å²) in [5, 5.41) is 1.57. The Kier molecular flexibility index (Phi) is 2.23. The summed E-state index contributed by atoms with van der Waals surface area (Å²) in [7, 11) is 1.34. The van der Waals surface area contributed by atoms with Crippen molar-refractivity contribution >= 4 is 33.6 Å². The molecular formula is C14H11NO3. The van der Waals surface area contributed by atoms with Crippen molar-refractivity contribution in [3.63, 3.8) is 0 Å². The van der Waals surface area contributed by atoms with E-state index in [9.17, 15) is 4.79 Å². The largest absolute Gasteiger partial charge is 0.465 e. The molecule has 1 aromatic heterocycles. The van der Waals surface area contributed by atoms with Crippen LogP contribution in [-0.2, 0) is 4.74 Å². The molecule has 0 aliphatic rings. The molecule has 0 amide bonds. The molecule has 18 heavy (non-hydrogen) atoms. The van der Waals surface area contributed by atoms with Crippen LogP contribution in [0.2, 0.25) is 0 Å². The zero-order chi connectivity index (χ0) is 12.7. The third-order valence-corrected chi connectivity index (χ3v) is 2.97. The maximum absolute atomic E-state index is 11.8. The number of carbonyl (C=O) groups excluding carboxylic acids is 1. The predicted octanol–water partition coefficient (Wildman–Crippen LogP) is 2.95. The molecule has 3 rings (SSSR count). The van der Waals surface area contributed by atoms with Crippen molar-refractivity contribution in [3.8, 4) is 0 Å². The number of methoxy groups -OCH3 is 1. The second-order valence-corrected chi connectivity index (χ2v) is 3.99. The number of hydrogen-bond acceptors (Lipinski definition) is 4. The summed E-state index contributed by atoms with van der Waals surface area (Å²) in [6.07, 6.45) is 0. The van der Waals surface area contributed by atoms with Crippen LogP contribution in [0.3, 0.4) is 0 Å². The smallest absolute Gasteiger partial charge is 0.340 e. The molecule has 4 heteroatoms. The quantitative estimate of drug-likeness (QED) is 0.525. The van der Waals surface area contributed by atoms with Gasteiger partial charge in [0.05, 0.1) is 12.7 Å². The van der Waals surface area contributed by atoms with E-state index in [4.69, 9.17) is 14.9 Å². The molecule has 0 unspecified atom stereocenters. The summed E-state index contributed by atoms with van der Waals surface area (Å²) in [6.45, 7) is 0. The Labute approximate surface area is 103 Å². The van der Waals surface area contributed by atoms with E-state index in [2.05, 4.69) is 0 Å². The van der Waals surface area contributed by atoms with Gasteiger partial charge >= 0.3 is 5.97 Å². The molecule has 0 aliphatic carbocycles. The van der Waals surface area contributed by atoms with Crippen molar-refractivity contribution in [1.82, 2.24) is 0 Å². The van der Waals surface area contributed by atoms with Gasteiger partial charge in [-0.3, -0.25) is 0 Å². The summed E-state index contributed by atoms with van der Waals surface area (Å²) in [4.78, 5) is 11.8. The SMILES string of the molecule is COC(=O)c1c(N)ccc2oc3ccccc3c12. The first-order valence-corrected chi connectivity index (χ1v) is 5.50. The molecule has 2 N–H and O–H groups in total. The lowest BCUT2D eigenvalue weighted by molar-refractivity contribution is 0.0604. The third-order valence-electron chi connectivity index (χ3n) is 2.97.